The van der Waals surface area contributed by atoms with Crippen LogP contribution in [0.3, 0.4) is 0 Å². The van der Waals surface area contributed by atoms with Crippen molar-refractivity contribution in [3.05, 3.63) is 89.7 Å². The van der Waals surface area contributed by atoms with Crippen LogP contribution in [0.1, 0.15) is 29.2 Å². The predicted molar refractivity (Wildman–Crippen MR) is 98.2 cm³/mol. The Hall–Kier alpha value is -2.81. The lowest BCUT2D eigenvalue weighted by Crippen LogP contribution is -2.20. The predicted octanol–water partition coefficient (Wildman–Crippen LogP) is 4.72. The molecule has 24 heavy (non-hydrogen) atoms. The van der Waals surface area contributed by atoms with Gasteiger partial charge >= 0.3 is 0 Å². The Labute approximate surface area is 143 Å². The van der Waals surface area contributed by atoms with Crippen molar-refractivity contribution in [2.24, 2.45) is 0 Å². The standard InChI is InChI=1S/C21H22N2O/c1-16-10-11-19(17(2)14-16)22-21(24)15-20(23-12-6-7-13-23)18-8-4-3-5-9-18/h3-14,20H,15H2,1-2H3,(H,22,24)/t20-/m0/s1. The van der Waals surface area contributed by atoms with Gasteiger partial charge in [-0.05, 0) is 43.2 Å². The maximum absolute atomic E-state index is 12.6. The average molecular weight is 318 g/mol. The number of benzene rings is 2. The second-order valence-electron chi connectivity index (χ2n) is 6.13. The molecule has 1 amide bonds. The van der Waals surface area contributed by atoms with Crippen molar-refractivity contribution < 1.29 is 4.79 Å². The number of amides is 1. The molecule has 0 fully saturated rings. The molecule has 0 saturated heterocycles. The number of nitrogens with zero attached hydrogens (tertiary/aromatic N) is 1. The number of carbonyl (C=O) groups is 1. The summed E-state index contributed by atoms with van der Waals surface area (Å²) in [6, 6.07) is 20.2. The van der Waals surface area contributed by atoms with Gasteiger partial charge < -0.3 is 9.88 Å². The first-order valence-corrected chi connectivity index (χ1v) is 8.18. The van der Waals surface area contributed by atoms with Crippen LogP contribution < -0.4 is 5.32 Å². The van der Waals surface area contributed by atoms with Gasteiger partial charge in [0.25, 0.3) is 0 Å². The van der Waals surface area contributed by atoms with Gasteiger partial charge in [-0.25, -0.2) is 0 Å². The van der Waals surface area contributed by atoms with Gasteiger partial charge in [0, 0.05) is 18.1 Å². The fraction of sp³-hybridized carbons (Fsp3) is 0.190. The Balaban J connectivity index is 1.79. The van der Waals surface area contributed by atoms with Crippen LogP contribution >= 0.6 is 0 Å². The summed E-state index contributed by atoms with van der Waals surface area (Å²) >= 11 is 0. The second kappa shape index (κ2) is 7.18. The first kappa shape index (κ1) is 16.1. The number of hydrogen-bond acceptors (Lipinski definition) is 1. The van der Waals surface area contributed by atoms with Crippen molar-refractivity contribution in [1.29, 1.82) is 0 Å². The highest BCUT2D eigenvalue weighted by Crippen LogP contribution is 2.24. The van der Waals surface area contributed by atoms with E-state index in [9.17, 15) is 4.79 Å². The van der Waals surface area contributed by atoms with Gasteiger partial charge in [0.1, 0.15) is 0 Å². The topological polar surface area (TPSA) is 34.0 Å². The number of carbonyl (C=O) groups excluding carboxylic acids is 1. The van der Waals surface area contributed by atoms with Crippen molar-refractivity contribution in [1.82, 2.24) is 4.57 Å². The van der Waals surface area contributed by atoms with Crippen LogP contribution in [0, 0.1) is 13.8 Å². The summed E-state index contributed by atoms with van der Waals surface area (Å²) in [7, 11) is 0. The summed E-state index contributed by atoms with van der Waals surface area (Å²) in [6.07, 6.45) is 4.40. The number of hydrogen-bond donors (Lipinski definition) is 1. The maximum atomic E-state index is 12.6. The Morgan fingerprint density at radius 1 is 1.00 bits per heavy atom. The Morgan fingerprint density at radius 3 is 2.38 bits per heavy atom. The van der Waals surface area contributed by atoms with Gasteiger partial charge in [0.05, 0.1) is 12.5 Å². The van der Waals surface area contributed by atoms with Crippen LogP contribution in [0.15, 0.2) is 73.1 Å². The molecule has 2 aromatic carbocycles. The van der Waals surface area contributed by atoms with Gasteiger partial charge in [-0.15, -0.1) is 0 Å². The number of aryl methyl sites for hydroxylation is 2. The summed E-state index contributed by atoms with van der Waals surface area (Å²) < 4.78 is 2.08. The maximum Gasteiger partial charge on any atom is 0.226 e. The van der Waals surface area contributed by atoms with Crippen LogP contribution in [0.5, 0.6) is 0 Å². The molecule has 0 bridgehead atoms. The molecule has 0 spiro atoms. The lowest BCUT2D eigenvalue weighted by molar-refractivity contribution is -0.116. The summed E-state index contributed by atoms with van der Waals surface area (Å²) in [4.78, 5) is 12.6. The minimum atomic E-state index is -0.00745. The molecule has 122 valence electrons. The molecule has 3 nitrogen and oxygen atoms in total. The largest absolute Gasteiger partial charge is 0.346 e. The van der Waals surface area contributed by atoms with E-state index in [0.717, 1.165) is 16.8 Å². The summed E-state index contributed by atoms with van der Waals surface area (Å²) in [5, 5.41) is 3.05. The lowest BCUT2D eigenvalue weighted by atomic mass is 10.0. The Morgan fingerprint density at radius 2 is 1.71 bits per heavy atom. The normalized spacial score (nSPS) is 11.9. The molecule has 0 radical (unpaired) electrons. The average Bonchev–Trinajstić information content (AvgIpc) is 3.10. The molecular weight excluding hydrogens is 296 g/mol. The van der Waals surface area contributed by atoms with Gasteiger partial charge in [0.15, 0.2) is 0 Å². The van der Waals surface area contributed by atoms with E-state index in [4.69, 9.17) is 0 Å². The molecule has 1 atom stereocenters. The van der Waals surface area contributed by atoms with Crippen LogP contribution in [0.2, 0.25) is 0 Å². The molecule has 3 aromatic rings. The Bertz CT molecular complexity index is 807. The van der Waals surface area contributed by atoms with E-state index >= 15 is 0 Å². The van der Waals surface area contributed by atoms with Crippen molar-refractivity contribution >= 4 is 11.6 Å². The van der Waals surface area contributed by atoms with E-state index < -0.39 is 0 Å². The minimum Gasteiger partial charge on any atom is -0.346 e. The quantitative estimate of drug-likeness (QED) is 0.725. The van der Waals surface area contributed by atoms with E-state index in [1.54, 1.807) is 0 Å². The van der Waals surface area contributed by atoms with E-state index in [1.807, 2.05) is 61.8 Å². The molecule has 3 heteroatoms. The molecule has 0 aliphatic heterocycles. The molecule has 1 aromatic heterocycles. The zero-order valence-electron chi connectivity index (χ0n) is 14.1. The third kappa shape index (κ3) is 3.74. The van der Waals surface area contributed by atoms with E-state index in [0.29, 0.717) is 6.42 Å². The van der Waals surface area contributed by atoms with E-state index in [2.05, 4.69) is 35.0 Å². The highest BCUT2D eigenvalue weighted by molar-refractivity contribution is 5.92. The first-order valence-electron chi connectivity index (χ1n) is 8.18. The molecule has 0 aliphatic rings. The summed E-state index contributed by atoms with van der Waals surface area (Å²) in [5.74, 6) is 0.0181. The van der Waals surface area contributed by atoms with Crippen LogP contribution in [0.4, 0.5) is 5.69 Å². The monoisotopic (exact) mass is 318 g/mol. The lowest BCUT2D eigenvalue weighted by Gasteiger charge is -2.19. The fourth-order valence-corrected chi connectivity index (χ4v) is 2.96. The van der Waals surface area contributed by atoms with Gasteiger partial charge in [-0.2, -0.15) is 0 Å². The molecule has 0 unspecified atom stereocenters. The zero-order valence-corrected chi connectivity index (χ0v) is 14.1. The van der Waals surface area contributed by atoms with Crippen LogP contribution in [-0.2, 0) is 4.79 Å². The van der Waals surface area contributed by atoms with Crippen molar-refractivity contribution in [3.63, 3.8) is 0 Å². The summed E-state index contributed by atoms with van der Waals surface area (Å²) in [6.45, 7) is 4.07. The third-order valence-electron chi connectivity index (χ3n) is 4.21. The second-order valence-corrected chi connectivity index (χ2v) is 6.13. The molecule has 0 saturated carbocycles. The Kier molecular flexibility index (Phi) is 4.80. The number of nitrogens with one attached hydrogen (secondary N) is 1. The van der Waals surface area contributed by atoms with Crippen LogP contribution in [0.25, 0.3) is 0 Å². The number of aromatic nitrogens is 1. The first-order chi connectivity index (χ1) is 11.6. The number of anilines is 1. The third-order valence-corrected chi connectivity index (χ3v) is 4.21. The SMILES string of the molecule is Cc1ccc(NC(=O)C[C@@H](c2ccccc2)n2cccc2)c(C)c1. The van der Waals surface area contributed by atoms with E-state index in [1.165, 1.54) is 5.56 Å². The van der Waals surface area contributed by atoms with Crippen molar-refractivity contribution in [3.8, 4) is 0 Å². The molecular formula is C21H22N2O. The number of rotatable bonds is 5. The fourth-order valence-electron chi connectivity index (χ4n) is 2.96. The smallest absolute Gasteiger partial charge is 0.226 e. The van der Waals surface area contributed by atoms with Crippen molar-refractivity contribution in [2.75, 3.05) is 5.32 Å². The minimum absolute atomic E-state index is 0.00745. The highest BCUT2D eigenvalue weighted by Gasteiger charge is 2.17. The van der Waals surface area contributed by atoms with Gasteiger partial charge in [-0.1, -0.05) is 48.0 Å². The summed E-state index contributed by atoms with van der Waals surface area (Å²) in [5.41, 5.74) is 4.29. The zero-order chi connectivity index (χ0) is 16.9. The molecule has 1 N–H and O–H groups in total. The van der Waals surface area contributed by atoms with E-state index in [-0.39, 0.29) is 11.9 Å². The molecule has 0 aliphatic carbocycles. The van der Waals surface area contributed by atoms with Gasteiger partial charge in [-0.3, -0.25) is 4.79 Å². The van der Waals surface area contributed by atoms with Gasteiger partial charge in [0.2, 0.25) is 5.91 Å². The van der Waals surface area contributed by atoms with Crippen LogP contribution in [-0.4, -0.2) is 10.5 Å². The molecule has 1 heterocycles. The highest BCUT2D eigenvalue weighted by atomic mass is 16.1. The van der Waals surface area contributed by atoms with Crippen molar-refractivity contribution in [2.45, 2.75) is 26.3 Å². The molecule has 3 rings (SSSR count).